The monoisotopic (exact) mass is 241 g/mol. The summed E-state index contributed by atoms with van der Waals surface area (Å²) in [6.07, 6.45) is 4.42. The number of nitrogens with zero attached hydrogens (tertiary/aromatic N) is 1. The molecule has 100 valence electrons. The van der Waals surface area contributed by atoms with E-state index in [4.69, 9.17) is 5.73 Å². The Morgan fingerprint density at radius 3 is 2.82 bits per heavy atom. The van der Waals surface area contributed by atoms with Gasteiger partial charge in [0, 0.05) is 18.6 Å². The fourth-order valence-electron chi connectivity index (χ4n) is 2.64. The summed E-state index contributed by atoms with van der Waals surface area (Å²) < 4.78 is 0. The second-order valence-electron chi connectivity index (χ2n) is 5.14. The molecule has 0 aromatic carbocycles. The van der Waals surface area contributed by atoms with Crippen molar-refractivity contribution in [3.05, 3.63) is 0 Å². The predicted molar refractivity (Wildman–Crippen MR) is 70.8 cm³/mol. The van der Waals surface area contributed by atoms with Crippen LogP contribution < -0.4 is 11.1 Å². The fraction of sp³-hybridized carbons (Fsp3) is 0.923. The van der Waals surface area contributed by atoms with Crippen LogP contribution in [0.1, 0.15) is 46.5 Å². The molecular formula is C13H27N3O. The van der Waals surface area contributed by atoms with Crippen LogP contribution in [0.3, 0.4) is 0 Å². The Labute approximate surface area is 105 Å². The summed E-state index contributed by atoms with van der Waals surface area (Å²) in [6, 6.07) is 0.608. The van der Waals surface area contributed by atoms with Gasteiger partial charge in [-0.15, -0.1) is 0 Å². The van der Waals surface area contributed by atoms with Crippen LogP contribution in [0.15, 0.2) is 0 Å². The molecule has 0 aromatic rings. The Morgan fingerprint density at radius 1 is 1.53 bits per heavy atom. The van der Waals surface area contributed by atoms with Crippen LogP contribution >= 0.6 is 0 Å². The van der Waals surface area contributed by atoms with Crippen LogP contribution in [0.25, 0.3) is 0 Å². The summed E-state index contributed by atoms with van der Waals surface area (Å²) >= 11 is 0. The van der Waals surface area contributed by atoms with E-state index in [0.29, 0.717) is 12.6 Å². The summed E-state index contributed by atoms with van der Waals surface area (Å²) in [5, 5.41) is 3.08. The highest BCUT2D eigenvalue weighted by Gasteiger charge is 2.31. The SMILES string of the molecule is CCCC(C)NC(=O)C(C)N1CCCC1CN. The number of likely N-dealkylation sites (tertiary alicyclic amines) is 1. The third kappa shape index (κ3) is 3.96. The van der Waals surface area contributed by atoms with Crippen molar-refractivity contribution >= 4 is 5.91 Å². The van der Waals surface area contributed by atoms with Crippen molar-refractivity contribution in [2.24, 2.45) is 5.73 Å². The minimum absolute atomic E-state index is 0.0506. The molecule has 0 aromatic heterocycles. The second-order valence-corrected chi connectivity index (χ2v) is 5.14. The lowest BCUT2D eigenvalue weighted by Crippen LogP contribution is -2.50. The van der Waals surface area contributed by atoms with Gasteiger partial charge in [-0.1, -0.05) is 13.3 Å². The van der Waals surface area contributed by atoms with E-state index < -0.39 is 0 Å². The number of carbonyl (C=O) groups is 1. The minimum Gasteiger partial charge on any atom is -0.352 e. The number of amides is 1. The quantitative estimate of drug-likeness (QED) is 0.732. The van der Waals surface area contributed by atoms with Gasteiger partial charge in [-0.2, -0.15) is 0 Å². The Kier molecular flexibility index (Phi) is 5.92. The molecule has 4 nitrogen and oxygen atoms in total. The molecule has 3 unspecified atom stereocenters. The van der Waals surface area contributed by atoms with E-state index in [1.54, 1.807) is 0 Å². The van der Waals surface area contributed by atoms with Gasteiger partial charge in [-0.25, -0.2) is 0 Å². The maximum absolute atomic E-state index is 12.1. The van der Waals surface area contributed by atoms with Crippen LogP contribution in [0.2, 0.25) is 0 Å². The number of carbonyl (C=O) groups excluding carboxylic acids is 1. The third-order valence-electron chi connectivity index (χ3n) is 3.68. The summed E-state index contributed by atoms with van der Waals surface area (Å²) in [5.74, 6) is 0.145. The average molecular weight is 241 g/mol. The highest BCUT2D eigenvalue weighted by atomic mass is 16.2. The number of hydrogen-bond donors (Lipinski definition) is 2. The number of nitrogens with one attached hydrogen (secondary N) is 1. The van der Waals surface area contributed by atoms with Gasteiger partial charge < -0.3 is 11.1 Å². The highest BCUT2D eigenvalue weighted by molar-refractivity contribution is 5.81. The minimum atomic E-state index is -0.0506. The van der Waals surface area contributed by atoms with E-state index in [9.17, 15) is 4.79 Å². The Hall–Kier alpha value is -0.610. The van der Waals surface area contributed by atoms with Gasteiger partial charge in [0.05, 0.1) is 6.04 Å². The average Bonchev–Trinajstić information content (AvgIpc) is 2.76. The Morgan fingerprint density at radius 2 is 2.24 bits per heavy atom. The molecule has 0 radical (unpaired) electrons. The zero-order chi connectivity index (χ0) is 12.8. The van der Waals surface area contributed by atoms with Crippen molar-refractivity contribution in [1.29, 1.82) is 0 Å². The van der Waals surface area contributed by atoms with Gasteiger partial charge >= 0.3 is 0 Å². The zero-order valence-corrected chi connectivity index (χ0v) is 11.4. The predicted octanol–water partition coefficient (Wildman–Crippen LogP) is 1.10. The van der Waals surface area contributed by atoms with Crippen molar-refractivity contribution in [3.63, 3.8) is 0 Å². The summed E-state index contributed by atoms with van der Waals surface area (Å²) in [6.45, 7) is 7.85. The zero-order valence-electron chi connectivity index (χ0n) is 11.4. The lowest BCUT2D eigenvalue weighted by atomic mass is 10.1. The lowest BCUT2D eigenvalue weighted by Gasteiger charge is -2.29. The van der Waals surface area contributed by atoms with Crippen molar-refractivity contribution in [2.75, 3.05) is 13.1 Å². The van der Waals surface area contributed by atoms with Crippen molar-refractivity contribution in [1.82, 2.24) is 10.2 Å². The molecule has 1 heterocycles. The van der Waals surface area contributed by atoms with E-state index >= 15 is 0 Å². The molecule has 3 N–H and O–H groups in total. The first-order valence-electron chi connectivity index (χ1n) is 6.86. The molecular weight excluding hydrogens is 214 g/mol. The van der Waals surface area contributed by atoms with Crippen molar-refractivity contribution < 1.29 is 4.79 Å². The lowest BCUT2D eigenvalue weighted by molar-refractivity contribution is -0.126. The number of hydrogen-bond acceptors (Lipinski definition) is 3. The van der Waals surface area contributed by atoms with Gasteiger partial charge in [0.15, 0.2) is 0 Å². The van der Waals surface area contributed by atoms with Gasteiger partial charge in [-0.3, -0.25) is 9.69 Å². The molecule has 1 fully saturated rings. The van der Waals surface area contributed by atoms with Gasteiger partial charge in [0.2, 0.25) is 5.91 Å². The van der Waals surface area contributed by atoms with Crippen LogP contribution in [0.4, 0.5) is 0 Å². The van der Waals surface area contributed by atoms with E-state index in [2.05, 4.69) is 24.1 Å². The third-order valence-corrected chi connectivity index (χ3v) is 3.68. The molecule has 3 atom stereocenters. The largest absolute Gasteiger partial charge is 0.352 e. The number of rotatable bonds is 6. The molecule has 1 aliphatic rings. The topological polar surface area (TPSA) is 58.4 Å². The van der Waals surface area contributed by atoms with Crippen molar-refractivity contribution in [2.45, 2.75) is 64.6 Å². The second kappa shape index (κ2) is 6.97. The highest BCUT2D eigenvalue weighted by Crippen LogP contribution is 2.19. The molecule has 0 spiro atoms. The molecule has 1 rings (SSSR count). The maximum Gasteiger partial charge on any atom is 0.237 e. The molecule has 4 heteroatoms. The first-order chi connectivity index (χ1) is 8.10. The normalized spacial score (nSPS) is 24.6. The summed E-state index contributed by atoms with van der Waals surface area (Å²) in [5.41, 5.74) is 5.74. The van der Waals surface area contributed by atoms with Gasteiger partial charge in [0.25, 0.3) is 0 Å². The molecule has 0 aliphatic carbocycles. The van der Waals surface area contributed by atoms with Crippen LogP contribution in [0.5, 0.6) is 0 Å². The standard InChI is InChI=1S/C13H27N3O/c1-4-6-10(2)15-13(17)11(3)16-8-5-7-12(16)9-14/h10-12H,4-9,14H2,1-3H3,(H,15,17). The first-order valence-corrected chi connectivity index (χ1v) is 6.86. The van der Waals surface area contributed by atoms with E-state index in [-0.39, 0.29) is 18.0 Å². The van der Waals surface area contributed by atoms with Crippen LogP contribution in [0, 0.1) is 0 Å². The molecule has 1 aliphatic heterocycles. The summed E-state index contributed by atoms with van der Waals surface area (Å²) in [4.78, 5) is 14.3. The van der Waals surface area contributed by atoms with Gasteiger partial charge in [0.1, 0.15) is 0 Å². The van der Waals surface area contributed by atoms with Crippen LogP contribution in [-0.4, -0.2) is 42.0 Å². The fourth-order valence-corrected chi connectivity index (χ4v) is 2.64. The first kappa shape index (κ1) is 14.5. The smallest absolute Gasteiger partial charge is 0.237 e. The van der Waals surface area contributed by atoms with Crippen LogP contribution in [-0.2, 0) is 4.79 Å². The molecule has 1 amide bonds. The number of nitrogens with two attached hydrogens (primary N) is 1. The maximum atomic E-state index is 12.1. The molecule has 0 bridgehead atoms. The van der Waals surface area contributed by atoms with E-state index in [1.165, 1.54) is 0 Å². The van der Waals surface area contributed by atoms with Crippen molar-refractivity contribution in [3.8, 4) is 0 Å². The Balaban J connectivity index is 2.45. The molecule has 1 saturated heterocycles. The summed E-state index contributed by atoms with van der Waals surface area (Å²) in [7, 11) is 0. The Bertz CT molecular complexity index is 245. The van der Waals surface area contributed by atoms with E-state index in [1.807, 2.05) is 6.92 Å². The molecule has 17 heavy (non-hydrogen) atoms. The van der Waals surface area contributed by atoms with Gasteiger partial charge in [-0.05, 0) is 39.7 Å². The molecule has 0 saturated carbocycles. The van der Waals surface area contributed by atoms with E-state index in [0.717, 1.165) is 32.2 Å².